The fraction of sp³-hybridized carbons (Fsp3) is 0.238. The van der Waals surface area contributed by atoms with E-state index in [1.54, 1.807) is 43.5 Å². The van der Waals surface area contributed by atoms with Crippen molar-refractivity contribution in [1.82, 2.24) is 5.16 Å². The highest BCUT2D eigenvalue weighted by Crippen LogP contribution is 2.25. The summed E-state index contributed by atoms with van der Waals surface area (Å²) >= 11 is 0. The molecule has 0 aliphatic carbocycles. The second-order valence-corrected chi connectivity index (χ2v) is 6.68. The number of hydrogen-bond acceptors (Lipinski definition) is 4. The van der Waals surface area contributed by atoms with Gasteiger partial charge in [-0.3, -0.25) is 4.79 Å². The van der Waals surface area contributed by atoms with E-state index in [9.17, 15) is 9.18 Å². The molecule has 0 saturated heterocycles. The van der Waals surface area contributed by atoms with E-state index in [0.717, 1.165) is 33.2 Å². The maximum atomic E-state index is 13.1. The van der Waals surface area contributed by atoms with Crippen LogP contribution >= 0.6 is 0 Å². The monoisotopic (exact) mass is 384 g/mol. The van der Waals surface area contributed by atoms with Crippen molar-refractivity contribution in [3.05, 3.63) is 65.6 Å². The second kappa shape index (κ2) is 8.67. The number of carbonyl (C=O) groups excluding carboxylic acids is 1. The van der Waals surface area contributed by atoms with Crippen molar-refractivity contribution in [2.75, 3.05) is 26.0 Å². The largest absolute Gasteiger partial charge is 0.497 e. The summed E-state index contributed by atoms with van der Waals surface area (Å²) in [6, 6.07) is 13.3. The molecule has 3 aromatic rings. The predicted octanol–water partition coefficient (Wildman–Crippen LogP) is 2.45. The van der Waals surface area contributed by atoms with Gasteiger partial charge in [0.25, 0.3) is 5.91 Å². The van der Waals surface area contributed by atoms with Gasteiger partial charge in [-0.15, -0.1) is 0 Å². The Labute approximate surface area is 162 Å². The summed E-state index contributed by atoms with van der Waals surface area (Å²) in [6.07, 6.45) is 0. The minimum Gasteiger partial charge on any atom is -0.497 e. The summed E-state index contributed by atoms with van der Waals surface area (Å²) in [5.41, 5.74) is 3.15. The van der Waals surface area contributed by atoms with Gasteiger partial charge in [-0.05, 0) is 55.5 Å². The van der Waals surface area contributed by atoms with Crippen molar-refractivity contribution in [2.45, 2.75) is 13.5 Å². The molecule has 0 radical (unpaired) electrons. The average Bonchev–Trinajstić information content (AvgIpc) is 3.03. The summed E-state index contributed by atoms with van der Waals surface area (Å²) in [7, 11) is 3.51. The molecular weight excluding hydrogens is 361 g/mol. The minimum atomic E-state index is -0.298. The van der Waals surface area contributed by atoms with Crippen molar-refractivity contribution in [2.24, 2.45) is 0 Å². The number of benzene rings is 2. The SMILES string of the molecule is COc1ccc(NC(=O)C[NH+](C)Cc2noc(-c3ccc(F)cc3)c2C)cc1. The number of nitrogens with one attached hydrogen (secondary N) is 2. The molecule has 0 aliphatic heterocycles. The number of methoxy groups -OCH3 is 1. The van der Waals surface area contributed by atoms with Crippen LogP contribution in [-0.2, 0) is 11.3 Å². The Hall–Kier alpha value is -3.19. The van der Waals surface area contributed by atoms with E-state index in [1.807, 2.05) is 14.0 Å². The first-order valence-corrected chi connectivity index (χ1v) is 8.92. The summed E-state index contributed by atoms with van der Waals surface area (Å²) in [5, 5.41) is 7.00. The standard InChI is InChI=1S/C21H22FN3O3/c1-14-19(24-28-21(14)15-4-6-16(22)7-5-15)12-25(2)13-20(26)23-17-8-10-18(27-3)11-9-17/h4-11H,12-13H2,1-3H3,(H,23,26)/p+1. The Morgan fingerprint density at radius 3 is 2.50 bits per heavy atom. The Balaban J connectivity index is 1.59. The number of ether oxygens (including phenoxy) is 1. The smallest absolute Gasteiger partial charge is 0.279 e. The molecular formula is C21H23FN3O3+. The molecule has 1 atom stereocenters. The zero-order valence-corrected chi connectivity index (χ0v) is 16.1. The van der Waals surface area contributed by atoms with Crippen molar-refractivity contribution in [3.63, 3.8) is 0 Å². The Kier molecular flexibility index (Phi) is 6.06. The molecule has 2 aromatic carbocycles. The number of quaternary nitrogens is 1. The molecule has 0 aliphatic rings. The van der Waals surface area contributed by atoms with Gasteiger partial charge in [0.2, 0.25) is 0 Å². The molecule has 0 fully saturated rings. The third-order valence-electron chi connectivity index (χ3n) is 4.43. The first kappa shape index (κ1) is 19.6. The Morgan fingerprint density at radius 1 is 1.18 bits per heavy atom. The summed E-state index contributed by atoms with van der Waals surface area (Å²) in [6.45, 7) is 2.73. The normalized spacial score (nSPS) is 11.9. The van der Waals surface area contributed by atoms with Gasteiger partial charge in [0.15, 0.2) is 12.3 Å². The number of nitrogens with zero attached hydrogens (tertiary/aromatic N) is 1. The van der Waals surface area contributed by atoms with E-state index < -0.39 is 0 Å². The lowest BCUT2D eigenvalue weighted by Crippen LogP contribution is -3.08. The molecule has 28 heavy (non-hydrogen) atoms. The van der Waals surface area contributed by atoms with Crippen LogP contribution in [0.4, 0.5) is 10.1 Å². The highest BCUT2D eigenvalue weighted by Gasteiger charge is 2.18. The van der Waals surface area contributed by atoms with Gasteiger partial charge in [0, 0.05) is 16.8 Å². The molecule has 1 amide bonds. The number of halogens is 1. The van der Waals surface area contributed by atoms with Crippen LogP contribution in [0.3, 0.4) is 0 Å². The van der Waals surface area contributed by atoms with Crippen molar-refractivity contribution in [3.8, 4) is 17.1 Å². The van der Waals surface area contributed by atoms with Crippen LogP contribution < -0.4 is 15.0 Å². The van der Waals surface area contributed by atoms with Crippen molar-refractivity contribution >= 4 is 11.6 Å². The second-order valence-electron chi connectivity index (χ2n) is 6.68. The van der Waals surface area contributed by atoms with E-state index in [2.05, 4.69) is 10.5 Å². The van der Waals surface area contributed by atoms with Crippen LogP contribution in [0.15, 0.2) is 53.1 Å². The topological polar surface area (TPSA) is 68.8 Å². The van der Waals surface area contributed by atoms with Gasteiger partial charge < -0.3 is 19.5 Å². The molecule has 7 heteroatoms. The Morgan fingerprint density at radius 2 is 1.86 bits per heavy atom. The molecule has 0 bridgehead atoms. The van der Waals surface area contributed by atoms with Crippen LogP contribution in [0.1, 0.15) is 11.3 Å². The first-order chi connectivity index (χ1) is 13.5. The highest BCUT2D eigenvalue weighted by atomic mass is 19.1. The predicted molar refractivity (Wildman–Crippen MR) is 104 cm³/mol. The van der Waals surface area contributed by atoms with Crippen LogP contribution in [0.5, 0.6) is 5.75 Å². The lowest BCUT2D eigenvalue weighted by atomic mass is 10.1. The molecule has 1 heterocycles. The van der Waals surface area contributed by atoms with Gasteiger partial charge in [0.1, 0.15) is 23.8 Å². The molecule has 1 aromatic heterocycles. The minimum absolute atomic E-state index is 0.0948. The van der Waals surface area contributed by atoms with Gasteiger partial charge in [-0.1, -0.05) is 5.16 Å². The van der Waals surface area contributed by atoms with E-state index in [1.165, 1.54) is 12.1 Å². The van der Waals surface area contributed by atoms with Gasteiger partial charge >= 0.3 is 0 Å². The van der Waals surface area contributed by atoms with Gasteiger partial charge in [-0.2, -0.15) is 0 Å². The van der Waals surface area contributed by atoms with Gasteiger partial charge in [0.05, 0.1) is 14.2 Å². The maximum Gasteiger partial charge on any atom is 0.279 e. The van der Waals surface area contributed by atoms with Crippen LogP contribution in [-0.4, -0.2) is 31.8 Å². The Bertz CT molecular complexity index is 937. The average molecular weight is 384 g/mol. The molecule has 3 rings (SSSR count). The number of amides is 1. The zero-order valence-electron chi connectivity index (χ0n) is 16.1. The number of rotatable bonds is 7. The molecule has 146 valence electrons. The number of hydrogen-bond donors (Lipinski definition) is 2. The highest BCUT2D eigenvalue weighted by molar-refractivity contribution is 5.91. The van der Waals surface area contributed by atoms with Crippen molar-refractivity contribution in [1.29, 1.82) is 0 Å². The van der Waals surface area contributed by atoms with E-state index >= 15 is 0 Å². The summed E-state index contributed by atoms with van der Waals surface area (Å²) in [5.74, 6) is 0.959. The molecule has 0 saturated carbocycles. The molecule has 1 unspecified atom stereocenters. The van der Waals surface area contributed by atoms with Crippen LogP contribution in [0, 0.1) is 12.7 Å². The molecule has 6 nitrogen and oxygen atoms in total. The lowest BCUT2D eigenvalue weighted by Gasteiger charge is -2.13. The fourth-order valence-electron chi connectivity index (χ4n) is 2.91. The number of carbonyl (C=O) groups is 1. The fourth-order valence-corrected chi connectivity index (χ4v) is 2.91. The number of aromatic nitrogens is 1. The van der Waals surface area contributed by atoms with Crippen LogP contribution in [0.25, 0.3) is 11.3 Å². The van der Waals surface area contributed by atoms with Crippen LogP contribution in [0.2, 0.25) is 0 Å². The summed E-state index contributed by atoms with van der Waals surface area (Å²) in [4.78, 5) is 13.2. The van der Waals surface area contributed by atoms with E-state index in [0.29, 0.717) is 12.3 Å². The van der Waals surface area contributed by atoms with E-state index in [-0.39, 0.29) is 18.3 Å². The third-order valence-corrected chi connectivity index (χ3v) is 4.43. The number of anilines is 1. The van der Waals surface area contributed by atoms with Crippen molar-refractivity contribution < 1.29 is 23.3 Å². The summed E-state index contributed by atoms with van der Waals surface area (Å²) < 4.78 is 23.7. The van der Waals surface area contributed by atoms with E-state index in [4.69, 9.17) is 9.26 Å². The molecule has 2 N–H and O–H groups in total. The maximum absolute atomic E-state index is 13.1. The zero-order chi connectivity index (χ0) is 20.1. The molecule has 0 spiro atoms. The van der Waals surface area contributed by atoms with Gasteiger partial charge in [-0.25, -0.2) is 4.39 Å². The quantitative estimate of drug-likeness (QED) is 0.657. The number of likely N-dealkylation sites (N-methyl/N-ethyl adjacent to an activating group) is 1. The lowest BCUT2D eigenvalue weighted by molar-refractivity contribution is -0.885. The third kappa shape index (κ3) is 4.75. The first-order valence-electron chi connectivity index (χ1n) is 8.92.